The summed E-state index contributed by atoms with van der Waals surface area (Å²) in [6, 6.07) is 0. The largest absolute Gasteiger partial charge is 1.00 e. The number of aromatic nitrogens is 2. The average Bonchev–Trinajstić information content (AvgIpc) is 2.50. The van der Waals surface area contributed by atoms with E-state index in [1.54, 1.807) is 7.11 Å². The molecule has 0 fully saturated rings. The van der Waals surface area contributed by atoms with Gasteiger partial charge in [-0.15, -0.1) is 0 Å². The summed E-state index contributed by atoms with van der Waals surface area (Å²) in [6.07, 6.45) is 6.21. The van der Waals surface area contributed by atoms with Crippen molar-refractivity contribution in [3.05, 3.63) is 18.7 Å². The van der Waals surface area contributed by atoms with Gasteiger partial charge < -0.3 is 17.1 Å². The molecule has 0 aliphatic heterocycles. The minimum absolute atomic E-state index is 0. The Labute approximate surface area is 79.4 Å². The van der Waals surface area contributed by atoms with Crippen LogP contribution in [-0.4, -0.2) is 11.7 Å². The number of halogens is 1. The van der Waals surface area contributed by atoms with Crippen LogP contribution in [0.3, 0.4) is 0 Å². The van der Waals surface area contributed by atoms with Crippen LogP contribution in [0.5, 0.6) is 0 Å². The third kappa shape index (κ3) is 2.50. The monoisotopic (exact) mass is 190 g/mol. The van der Waals surface area contributed by atoms with Gasteiger partial charge in [0.05, 0.1) is 6.54 Å². The normalized spacial score (nSPS) is 12.2. The van der Waals surface area contributed by atoms with Crippen LogP contribution >= 0.6 is 0 Å². The highest BCUT2D eigenvalue weighted by Crippen LogP contribution is 2.02. The Hall–Kier alpha value is -0.540. The van der Waals surface area contributed by atoms with Crippen LogP contribution in [0.1, 0.15) is 20.1 Å². The van der Waals surface area contributed by atoms with Crippen LogP contribution < -0.4 is 17.0 Å². The molecular formula is C8H15ClN2O. The van der Waals surface area contributed by atoms with Crippen LogP contribution in [0.25, 0.3) is 0 Å². The predicted octanol–water partition coefficient (Wildman–Crippen LogP) is -2.04. The Bertz CT molecular complexity index is 225. The molecule has 0 aliphatic rings. The fourth-order valence-corrected chi connectivity index (χ4v) is 0.935. The van der Waals surface area contributed by atoms with Crippen molar-refractivity contribution in [3.8, 4) is 0 Å². The third-order valence-corrected chi connectivity index (χ3v) is 1.84. The zero-order chi connectivity index (χ0) is 8.27. The molecule has 3 nitrogen and oxygen atoms in total. The lowest BCUT2D eigenvalue weighted by molar-refractivity contribution is -0.693. The second-order valence-corrected chi connectivity index (χ2v) is 2.53. The lowest BCUT2D eigenvalue weighted by Gasteiger charge is -2.03. The van der Waals surface area contributed by atoms with Gasteiger partial charge in [-0.05, 0) is 6.92 Å². The Balaban J connectivity index is 0.00000121. The van der Waals surface area contributed by atoms with E-state index in [0.717, 1.165) is 6.54 Å². The highest BCUT2D eigenvalue weighted by Gasteiger charge is 2.08. The van der Waals surface area contributed by atoms with Crippen LogP contribution in [0, 0.1) is 0 Å². The molecule has 0 bridgehead atoms. The number of hydrogen-bond donors (Lipinski definition) is 0. The summed E-state index contributed by atoms with van der Waals surface area (Å²) >= 11 is 0. The first-order valence-corrected chi connectivity index (χ1v) is 3.87. The molecule has 0 radical (unpaired) electrons. The minimum Gasteiger partial charge on any atom is -1.00 e. The Morgan fingerprint density at radius 3 is 2.67 bits per heavy atom. The van der Waals surface area contributed by atoms with Gasteiger partial charge in [0.25, 0.3) is 0 Å². The first kappa shape index (κ1) is 11.5. The van der Waals surface area contributed by atoms with E-state index in [2.05, 4.69) is 11.5 Å². The molecule has 0 saturated heterocycles. The van der Waals surface area contributed by atoms with Gasteiger partial charge in [0.1, 0.15) is 12.4 Å². The zero-order valence-corrected chi connectivity index (χ0v) is 8.45. The van der Waals surface area contributed by atoms with Crippen molar-refractivity contribution < 1.29 is 21.7 Å². The van der Waals surface area contributed by atoms with Crippen molar-refractivity contribution in [3.63, 3.8) is 0 Å². The lowest BCUT2D eigenvalue weighted by atomic mass is 10.6. The maximum atomic E-state index is 5.14. The van der Waals surface area contributed by atoms with E-state index >= 15 is 0 Å². The van der Waals surface area contributed by atoms with Crippen molar-refractivity contribution in [2.24, 2.45) is 0 Å². The smallest absolute Gasteiger partial charge is 0.245 e. The summed E-state index contributed by atoms with van der Waals surface area (Å²) in [7, 11) is 1.71. The van der Waals surface area contributed by atoms with E-state index in [4.69, 9.17) is 4.74 Å². The molecule has 1 heterocycles. The second-order valence-electron chi connectivity index (χ2n) is 2.53. The Morgan fingerprint density at radius 2 is 2.25 bits per heavy atom. The zero-order valence-electron chi connectivity index (χ0n) is 7.70. The van der Waals surface area contributed by atoms with Gasteiger partial charge in [-0.3, -0.25) is 0 Å². The van der Waals surface area contributed by atoms with Crippen molar-refractivity contribution in [1.82, 2.24) is 4.57 Å². The second kappa shape index (κ2) is 5.17. The fourth-order valence-electron chi connectivity index (χ4n) is 0.935. The predicted molar refractivity (Wildman–Crippen MR) is 42.0 cm³/mol. The van der Waals surface area contributed by atoms with E-state index < -0.39 is 0 Å². The number of hydrogen-bond acceptors (Lipinski definition) is 1. The van der Waals surface area contributed by atoms with Crippen molar-refractivity contribution in [2.45, 2.75) is 26.6 Å². The van der Waals surface area contributed by atoms with E-state index in [1.807, 2.05) is 30.2 Å². The van der Waals surface area contributed by atoms with E-state index in [-0.39, 0.29) is 18.6 Å². The van der Waals surface area contributed by atoms with E-state index in [9.17, 15) is 0 Å². The molecule has 70 valence electrons. The fraction of sp³-hybridized carbons (Fsp3) is 0.625. The number of methoxy groups -OCH3 is 1. The first-order valence-electron chi connectivity index (χ1n) is 3.87. The van der Waals surface area contributed by atoms with Gasteiger partial charge in [-0.1, -0.05) is 0 Å². The number of nitrogens with zero attached hydrogens (tertiary/aromatic N) is 2. The molecule has 1 unspecified atom stereocenters. The average molecular weight is 191 g/mol. The molecule has 0 saturated carbocycles. The van der Waals surface area contributed by atoms with Crippen molar-refractivity contribution in [1.29, 1.82) is 0 Å². The van der Waals surface area contributed by atoms with Gasteiger partial charge >= 0.3 is 0 Å². The van der Waals surface area contributed by atoms with E-state index in [0.29, 0.717) is 0 Å². The molecule has 1 rings (SSSR count). The summed E-state index contributed by atoms with van der Waals surface area (Å²) in [6.45, 7) is 5.13. The summed E-state index contributed by atoms with van der Waals surface area (Å²) in [5, 5.41) is 0. The lowest BCUT2D eigenvalue weighted by Crippen LogP contribution is -3.00. The summed E-state index contributed by atoms with van der Waals surface area (Å²) in [4.78, 5) is 0. The highest BCUT2D eigenvalue weighted by atomic mass is 35.5. The molecule has 12 heavy (non-hydrogen) atoms. The highest BCUT2D eigenvalue weighted by molar-refractivity contribution is 4.67. The molecule has 0 amide bonds. The quantitative estimate of drug-likeness (QED) is 0.503. The van der Waals surface area contributed by atoms with Crippen LogP contribution in [-0.2, 0) is 11.3 Å². The summed E-state index contributed by atoms with van der Waals surface area (Å²) in [5.74, 6) is 0. The molecule has 0 aliphatic carbocycles. The molecule has 1 atom stereocenters. The number of rotatable bonds is 3. The topological polar surface area (TPSA) is 18.0 Å². The third-order valence-electron chi connectivity index (χ3n) is 1.84. The number of imidazole rings is 1. The van der Waals surface area contributed by atoms with Crippen LogP contribution in [0.2, 0.25) is 0 Å². The SMILES string of the molecule is CC[n+]1ccn(C(C)OC)c1.[Cl-]. The van der Waals surface area contributed by atoms with Crippen LogP contribution in [0.15, 0.2) is 18.7 Å². The number of ether oxygens (including phenoxy) is 1. The molecule has 1 aromatic rings. The van der Waals surface area contributed by atoms with Gasteiger partial charge in [-0.25, -0.2) is 9.13 Å². The minimum atomic E-state index is 0. The van der Waals surface area contributed by atoms with Gasteiger partial charge in [0.15, 0.2) is 6.23 Å². The number of aryl methyl sites for hydroxylation is 1. The molecule has 4 heteroatoms. The standard InChI is InChI=1S/C8H15N2O.ClH/c1-4-9-5-6-10(7-9)8(2)11-3;/h5-8H,4H2,1-3H3;1H/q+1;/p-1. The van der Waals surface area contributed by atoms with E-state index in [1.165, 1.54) is 0 Å². The van der Waals surface area contributed by atoms with Gasteiger partial charge in [0.2, 0.25) is 6.33 Å². The Morgan fingerprint density at radius 1 is 1.58 bits per heavy atom. The molecule has 0 aromatic carbocycles. The summed E-state index contributed by atoms with van der Waals surface area (Å²) < 4.78 is 9.28. The molecular weight excluding hydrogens is 176 g/mol. The Kier molecular flexibility index (Phi) is 4.93. The summed E-state index contributed by atoms with van der Waals surface area (Å²) in [5.41, 5.74) is 0. The van der Waals surface area contributed by atoms with Crippen LogP contribution in [0.4, 0.5) is 0 Å². The van der Waals surface area contributed by atoms with Crippen molar-refractivity contribution in [2.75, 3.05) is 7.11 Å². The van der Waals surface area contributed by atoms with Gasteiger partial charge in [0, 0.05) is 14.0 Å². The van der Waals surface area contributed by atoms with Gasteiger partial charge in [-0.2, -0.15) is 0 Å². The maximum absolute atomic E-state index is 5.14. The van der Waals surface area contributed by atoms with Crippen molar-refractivity contribution >= 4 is 0 Å². The maximum Gasteiger partial charge on any atom is 0.245 e. The first-order chi connectivity index (χ1) is 5.27. The molecule has 0 N–H and O–H groups in total. The molecule has 1 aromatic heterocycles. The molecule has 0 spiro atoms.